The molecule has 0 aliphatic carbocycles. The summed E-state index contributed by atoms with van der Waals surface area (Å²) in [6.45, 7) is 3.33. The monoisotopic (exact) mass is 320 g/mol. The largest absolute Gasteiger partial charge is 0.512 e. The van der Waals surface area contributed by atoms with Gasteiger partial charge in [0.1, 0.15) is 0 Å². The van der Waals surface area contributed by atoms with Crippen LogP contribution in [0.2, 0.25) is 0 Å². The molecule has 0 aromatic carbocycles. The Morgan fingerprint density at radius 2 is 1.33 bits per heavy atom. The molecule has 0 aromatic rings. The maximum atomic E-state index is 12.3. The molecule has 0 bridgehead atoms. The fourth-order valence-corrected chi connectivity index (χ4v) is 1.91. The van der Waals surface area contributed by atoms with E-state index < -0.39 is 48.6 Å². The Morgan fingerprint density at radius 1 is 0.952 bits per heavy atom. The maximum absolute atomic E-state index is 12.3. The highest BCUT2D eigenvalue weighted by atomic mass is 19.4. The number of aliphatic hydroxyl groups excluding tert-OH is 1. The molecule has 0 fully saturated rings. The van der Waals surface area contributed by atoms with E-state index in [4.69, 9.17) is 0 Å². The Bertz CT molecular complexity index is 350. The quantitative estimate of drug-likeness (QED) is 0.409. The van der Waals surface area contributed by atoms with Crippen LogP contribution in [-0.4, -0.2) is 23.2 Å². The van der Waals surface area contributed by atoms with Gasteiger partial charge in [-0.1, -0.05) is 13.8 Å². The van der Waals surface area contributed by atoms with E-state index in [-0.39, 0.29) is 0 Å². The normalized spacial score (nSPS) is 14.1. The number of carbonyl (C=O) groups excluding carboxylic acids is 1. The molecule has 0 unspecified atom stereocenters. The number of hydrogen-bond acceptors (Lipinski definition) is 2. The third kappa shape index (κ3) is 8.62. The fourth-order valence-electron chi connectivity index (χ4n) is 1.91. The highest BCUT2D eigenvalue weighted by molar-refractivity contribution is 5.92. The highest BCUT2D eigenvalue weighted by Crippen LogP contribution is 2.36. The van der Waals surface area contributed by atoms with Crippen LogP contribution < -0.4 is 0 Å². The molecule has 0 amide bonds. The smallest absolute Gasteiger partial charge is 0.389 e. The van der Waals surface area contributed by atoms with Crippen LogP contribution in [0, 0.1) is 11.8 Å². The Labute approximate surface area is 118 Å². The zero-order valence-corrected chi connectivity index (χ0v) is 11.7. The van der Waals surface area contributed by atoms with Crippen LogP contribution in [0.3, 0.4) is 0 Å². The molecule has 0 atom stereocenters. The van der Waals surface area contributed by atoms with E-state index in [1.54, 1.807) is 13.8 Å². The van der Waals surface area contributed by atoms with Crippen molar-refractivity contribution in [2.45, 2.75) is 51.9 Å². The van der Waals surface area contributed by atoms with E-state index in [1.165, 1.54) is 0 Å². The minimum atomic E-state index is -4.87. The van der Waals surface area contributed by atoms with Gasteiger partial charge in [-0.25, -0.2) is 0 Å². The van der Waals surface area contributed by atoms with Crippen LogP contribution in [0.25, 0.3) is 0 Å². The van der Waals surface area contributed by atoms with Gasteiger partial charge in [-0.2, -0.15) is 26.3 Å². The summed E-state index contributed by atoms with van der Waals surface area (Å²) >= 11 is 0. The number of hydrogen-bond donors (Lipinski definition) is 1. The number of alkyl halides is 6. The molecule has 0 aliphatic rings. The first-order valence-corrected chi connectivity index (χ1v) is 6.47. The molecule has 1 N–H and O–H groups in total. The van der Waals surface area contributed by atoms with E-state index in [0.717, 1.165) is 0 Å². The lowest BCUT2D eigenvalue weighted by atomic mass is 9.93. The molecule has 0 heterocycles. The van der Waals surface area contributed by atoms with Gasteiger partial charge in [-0.3, -0.25) is 4.79 Å². The van der Waals surface area contributed by atoms with Crippen LogP contribution >= 0.6 is 0 Å². The Balaban J connectivity index is 5.17. The number of rotatable bonds is 7. The van der Waals surface area contributed by atoms with Crippen molar-refractivity contribution in [2.24, 2.45) is 11.8 Å². The second-order valence-corrected chi connectivity index (χ2v) is 4.82. The summed E-state index contributed by atoms with van der Waals surface area (Å²) in [6.07, 6.45) is -12.1. The average Bonchev–Trinajstić information content (AvgIpc) is 2.25. The highest BCUT2D eigenvalue weighted by Gasteiger charge is 2.40. The average molecular weight is 320 g/mol. The molecule has 124 valence electrons. The van der Waals surface area contributed by atoms with Crippen molar-refractivity contribution < 1.29 is 36.2 Å². The molecular weight excluding hydrogens is 302 g/mol. The maximum Gasteiger partial charge on any atom is 0.389 e. The molecule has 8 heteroatoms. The standard InChI is InChI=1S/C13H18F6O2/c1-3-8(4-2)10(20)5-11(21)9(6-12(14,15)16)7-13(17,18)19/h5,8-9,21H,3-4,6-7H2,1-2H3. The molecule has 0 radical (unpaired) electrons. The first-order valence-electron chi connectivity index (χ1n) is 6.47. The van der Waals surface area contributed by atoms with Gasteiger partial charge in [0.05, 0.1) is 18.6 Å². The van der Waals surface area contributed by atoms with Crippen LogP contribution in [0.15, 0.2) is 11.8 Å². The Kier molecular flexibility index (Phi) is 7.26. The predicted octanol–water partition coefficient (Wildman–Crippen LogP) is 4.95. The van der Waals surface area contributed by atoms with Gasteiger partial charge >= 0.3 is 12.4 Å². The minimum Gasteiger partial charge on any atom is -0.512 e. The van der Waals surface area contributed by atoms with Crippen LogP contribution in [0.5, 0.6) is 0 Å². The summed E-state index contributed by atoms with van der Waals surface area (Å²) in [7, 11) is 0. The zero-order chi connectivity index (χ0) is 16.8. The molecule has 0 spiro atoms. The topological polar surface area (TPSA) is 37.3 Å². The Hall–Kier alpha value is -1.21. The number of halogens is 6. The lowest BCUT2D eigenvalue weighted by Gasteiger charge is -2.20. The number of allylic oxidation sites excluding steroid dienone is 2. The molecule has 0 saturated carbocycles. The summed E-state index contributed by atoms with van der Waals surface area (Å²) < 4.78 is 73.7. The number of carbonyl (C=O) groups is 1. The van der Waals surface area contributed by atoms with Crippen molar-refractivity contribution in [1.29, 1.82) is 0 Å². The number of ketones is 1. The van der Waals surface area contributed by atoms with E-state index in [9.17, 15) is 36.2 Å². The van der Waals surface area contributed by atoms with Gasteiger partial charge in [0.25, 0.3) is 0 Å². The third-order valence-electron chi connectivity index (χ3n) is 3.05. The second-order valence-electron chi connectivity index (χ2n) is 4.82. The van der Waals surface area contributed by atoms with Crippen LogP contribution in [-0.2, 0) is 4.79 Å². The van der Waals surface area contributed by atoms with Crippen molar-refractivity contribution in [3.63, 3.8) is 0 Å². The molecule has 0 aliphatic heterocycles. The van der Waals surface area contributed by atoms with E-state index >= 15 is 0 Å². The lowest BCUT2D eigenvalue weighted by molar-refractivity contribution is -0.171. The molecule has 0 aromatic heterocycles. The van der Waals surface area contributed by atoms with Crippen molar-refractivity contribution in [1.82, 2.24) is 0 Å². The summed E-state index contributed by atoms with van der Waals surface area (Å²) in [5.41, 5.74) is 0. The van der Waals surface area contributed by atoms with Crippen LogP contribution in [0.1, 0.15) is 39.5 Å². The van der Waals surface area contributed by atoms with Gasteiger partial charge < -0.3 is 5.11 Å². The summed E-state index contributed by atoms with van der Waals surface area (Å²) in [4.78, 5) is 11.7. The van der Waals surface area contributed by atoms with Gasteiger partial charge in [0, 0.05) is 17.9 Å². The first kappa shape index (κ1) is 19.8. The summed E-state index contributed by atoms with van der Waals surface area (Å²) in [5, 5.41) is 9.49. The second kappa shape index (κ2) is 7.70. The van der Waals surface area contributed by atoms with Crippen LogP contribution in [0.4, 0.5) is 26.3 Å². The van der Waals surface area contributed by atoms with E-state index in [1.807, 2.05) is 0 Å². The first-order chi connectivity index (χ1) is 9.39. The molecule has 0 saturated heterocycles. The Morgan fingerprint density at radius 3 is 1.62 bits per heavy atom. The summed E-state index contributed by atoms with van der Waals surface area (Å²) in [5.74, 6) is -4.54. The van der Waals surface area contributed by atoms with E-state index in [0.29, 0.717) is 18.9 Å². The fraction of sp³-hybridized carbons (Fsp3) is 0.769. The van der Waals surface area contributed by atoms with Gasteiger partial charge in [0.2, 0.25) is 0 Å². The summed E-state index contributed by atoms with van der Waals surface area (Å²) in [6, 6.07) is 0. The van der Waals surface area contributed by atoms with Gasteiger partial charge in [-0.15, -0.1) is 0 Å². The number of aliphatic hydroxyl groups is 1. The third-order valence-corrected chi connectivity index (χ3v) is 3.05. The van der Waals surface area contributed by atoms with Gasteiger partial charge in [0.15, 0.2) is 5.78 Å². The molecule has 0 rings (SSSR count). The van der Waals surface area contributed by atoms with Crippen molar-refractivity contribution in [2.75, 3.05) is 0 Å². The van der Waals surface area contributed by atoms with Crippen molar-refractivity contribution >= 4 is 5.78 Å². The van der Waals surface area contributed by atoms with Gasteiger partial charge in [-0.05, 0) is 12.8 Å². The molecular formula is C13H18F6O2. The molecule has 2 nitrogen and oxygen atoms in total. The van der Waals surface area contributed by atoms with Crippen molar-refractivity contribution in [3.8, 4) is 0 Å². The lowest BCUT2D eigenvalue weighted by Crippen LogP contribution is -2.24. The minimum absolute atomic E-state index is 0.391. The predicted molar refractivity (Wildman–Crippen MR) is 64.6 cm³/mol. The van der Waals surface area contributed by atoms with Crippen molar-refractivity contribution in [3.05, 3.63) is 11.8 Å². The SMILES string of the molecule is CCC(CC)C(=O)C=C(O)C(CC(F)(F)F)CC(F)(F)F. The van der Waals surface area contributed by atoms with E-state index in [2.05, 4.69) is 0 Å². The molecule has 21 heavy (non-hydrogen) atoms. The zero-order valence-electron chi connectivity index (χ0n) is 11.7.